The van der Waals surface area contributed by atoms with Crippen molar-refractivity contribution in [3.63, 3.8) is 0 Å². The zero-order valence-corrected chi connectivity index (χ0v) is 12.5. The largest absolute Gasteiger partial charge is 0.494 e. The number of carboxylic acids is 1. The molecule has 104 valence electrons. The van der Waals surface area contributed by atoms with Crippen LogP contribution in [0.3, 0.4) is 0 Å². The average Bonchev–Trinajstić information content (AvgIpc) is 2.42. The third-order valence-electron chi connectivity index (χ3n) is 3.93. The minimum atomic E-state index is -0.661. The number of hydrogen-bond acceptors (Lipinski definition) is 2. The number of carbonyl (C=O) groups is 1. The second kappa shape index (κ2) is 6.42. The number of aliphatic carboxylic acids is 1. The van der Waals surface area contributed by atoms with Crippen LogP contribution in [-0.2, 0) is 4.79 Å². The van der Waals surface area contributed by atoms with Gasteiger partial charge in [0.15, 0.2) is 0 Å². The second-order valence-electron chi connectivity index (χ2n) is 5.20. The van der Waals surface area contributed by atoms with E-state index in [9.17, 15) is 9.90 Å². The lowest BCUT2D eigenvalue weighted by molar-refractivity contribution is -0.152. The monoisotopic (exact) mass is 326 g/mol. The van der Waals surface area contributed by atoms with Gasteiger partial charge in [-0.25, -0.2) is 0 Å². The van der Waals surface area contributed by atoms with E-state index in [1.165, 1.54) is 0 Å². The van der Waals surface area contributed by atoms with Gasteiger partial charge in [0.05, 0.1) is 12.0 Å². The Bertz CT molecular complexity index is 422. The van der Waals surface area contributed by atoms with Gasteiger partial charge in [-0.05, 0) is 43.5 Å². The SMILES string of the molecule is O=C(O)C1(CCOc2ccc(Br)cc2)CCCCC1. The fraction of sp³-hybridized carbons (Fsp3) is 0.533. The molecule has 1 aliphatic carbocycles. The van der Waals surface area contributed by atoms with Crippen molar-refractivity contribution < 1.29 is 14.6 Å². The summed E-state index contributed by atoms with van der Waals surface area (Å²) < 4.78 is 6.66. The highest BCUT2D eigenvalue weighted by Crippen LogP contribution is 2.39. The lowest BCUT2D eigenvalue weighted by Crippen LogP contribution is -2.34. The molecule has 1 N–H and O–H groups in total. The van der Waals surface area contributed by atoms with Crippen LogP contribution >= 0.6 is 15.9 Å². The molecule has 0 heterocycles. The first-order valence-corrected chi connectivity index (χ1v) is 7.53. The molecule has 1 aromatic carbocycles. The lowest BCUT2D eigenvalue weighted by Gasteiger charge is -2.33. The molecular formula is C15H19BrO3. The summed E-state index contributed by atoms with van der Waals surface area (Å²) in [6.07, 6.45) is 5.36. The van der Waals surface area contributed by atoms with Gasteiger partial charge < -0.3 is 9.84 Å². The fourth-order valence-corrected chi connectivity index (χ4v) is 2.96. The van der Waals surface area contributed by atoms with Gasteiger partial charge in [-0.2, -0.15) is 0 Å². The smallest absolute Gasteiger partial charge is 0.309 e. The molecule has 0 amide bonds. The number of hydrogen-bond donors (Lipinski definition) is 1. The quantitative estimate of drug-likeness (QED) is 0.879. The predicted octanol–water partition coefficient (Wildman–Crippen LogP) is 4.25. The van der Waals surface area contributed by atoms with Crippen molar-refractivity contribution in [2.24, 2.45) is 5.41 Å². The van der Waals surface area contributed by atoms with E-state index < -0.39 is 11.4 Å². The van der Waals surface area contributed by atoms with E-state index >= 15 is 0 Å². The first-order chi connectivity index (χ1) is 9.12. The summed E-state index contributed by atoms with van der Waals surface area (Å²) in [5.74, 6) is 0.131. The molecular weight excluding hydrogens is 308 g/mol. The highest BCUT2D eigenvalue weighted by atomic mass is 79.9. The third kappa shape index (κ3) is 3.72. The average molecular weight is 327 g/mol. The van der Waals surface area contributed by atoms with Crippen LogP contribution in [0.5, 0.6) is 5.75 Å². The first-order valence-electron chi connectivity index (χ1n) is 6.74. The number of halogens is 1. The van der Waals surface area contributed by atoms with Crippen LogP contribution in [0.25, 0.3) is 0 Å². The van der Waals surface area contributed by atoms with Crippen LogP contribution < -0.4 is 4.74 Å². The molecule has 0 radical (unpaired) electrons. The Kier molecular flexibility index (Phi) is 4.86. The fourth-order valence-electron chi connectivity index (χ4n) is 2.69. The molecule has 0 bridgehead atoms. The Labute approximate surface area is 122 Å². The van der Waals surface area contributed by atoms with E-state index in [1.807, 2.05) is 24.3 Å². The molecule has 4 heteroatoms. The molecule has 0 aliphatic heterocycles. The molecule has 2 rings (SSSR count). The number of rotatable bonds is 5. The van der Waals surface area contributed by atoms with Crippen molar-refractivity contribution in [2.75, 3.05) is 6.61 Å². The first kappa shape index (κ1) is 14.4. The van der Waals surface area contributed by atoms with Crippen LogP contribution in [0.1, 0.15) is 38.5 Å². The van der Waals surface area contributed by atoms with Crippen LogP contribution in [-0.4, -0.2) is 17.7 Å². The number of carboxylic acid groups (broad SMARTS) is 1. The normalized spacial score (nSPS) is 17.9. The number of ether oxygens (including phenoxy) is 1. The highest BCUT2D eigenvalue weighted by Gasteiger charge is 2.39. The predicted molar refractivity (Wildman–Crippen MR) is 77.4 cm³/mol. The van der Waals surface area contributed by atoms with Gasteiger partial charge in [-0.15, -0.1) is 0 Å². The van der Waals surface area contributed by atoms with E-state index in [4.69, 9.17) is 4.74 Å². The van der Waals surface area contributed by atoms with Gasteiger partial charge in [-0.3, -0.25) is 4.79 Å². The van der Waals surface area contributed by atoms with Gasteiger partial charge >= 0.3 is 5.97 Å². The number of benzene rings is 1. The Morgan fingerprint density at radius 1 is 1.21 bits per heavy atom. The van der Waals surface area contributed by atoms with Crippen LogP contribution in [0, 0.1) is 5.41 Å². The van der Waals surface area contributed by atoms with Crippen molar-refractivity contribution in [1.29, 1.82) is 0 Å². The van der Waals surface area contributed by atoms with E-state index in [0.717, 1.165) is 42.3 Å². The standard InChI is InChI=1S/C15H19BrO3/c16-12-4-6-13(7-5-12)19-11-10-15(14(17)18)8-2-1-3-9-15/h4-7H,1-3,8-11H2,(H,17,18). The molecule has 0 aromatic heterocycles. The molecule has 0 unspecified atom stereocenters. The van der Waals surface area contributed by atoms with Crippen molar-refractivity contribution >= 4 is 21.9 Å². The third-order valence-corrected chi connectivity index (χ3v) is 4.46. The molecule has 1 fully saturated rings. The van der Waals surface area contributed by atoms with Crippen molar-refractivity contribution in [1.82, 2.24) is 0 Å². The van der Waals surface area contributed by atoms with Crippen molar-refractivity contribution in [2.45, 2.75) is 38.5 Å². The van der Waals surface area contributed by atoms with Gasteiger partial charge in [0.2, 0.25) is 0 Å². The molecule has 1 aliphatic rings. The second-order valence-corrected chi connectivity index (χ2v) is 6.11. The summed E-state index contributed by atoms with van der Waals surface area (Å²) >= 11 is 3.37. The van der Waals surface area contributed by atoms with Gasteiger partial charge in [-0.1, -0.05) is 35.2 Å². The summed E-state index contributed by atoms with van der Waals surface area (Å²) in [5, 5.41) is 9.46. The molecule has 0 saturated heterocycles. The molecule has 0 atom stereocenters. The summed E-state index contributed by atoms with van der Waals surface area (Å²) in [6, 6.07) is 7.61. The zero-order valence-electron chi connectivity index (χ0n) is 10.9. The molecule has 0 spiro atoms. The lowest BCUT2D eigenvalue weighted by atomic mass is 9.72. The Hall–Kier alpha value is -1.03. The summed E-state index contributed by atoms with van der Waals surface area (Å²) in [7, 11) is 0. The van der Waals surface area contributed by atoms with E-state index in [0.29, 0.717) is 13.0 Å². The molecule has 1 saturated carbocycles. The van der Waals surface area contributed by atoms with Gasteiger partial charge in [0.25, 0.3) is 0 Å². The summed E-state index contributed by atoms with van der Waals surface area (Å²) in [5.41, 5.74) is -0.562. The topological polar surface area (TPSA) is 46.5 Å². The van der Waals surface area contributed by atoms with E-state index in [2.05, 4.69) is 15.9 Å². The van der Waals surface area contributed by atoms with Crippen LogP contribution in [0.15, 0.2) is 28.7 Å². The maximum Gasteiger partial charge on any atom is 0.309 e. The Morgan fingerprint density at radius 3 is 2.42 bits per heavy atom. The Balaban J connectivity index is 1.89. The van der Waals surface area contributed by atoms with Crippen LogP contribution in [0.2, 0.25) is 0 Å². The van der Waals surface area contributed by atoms with E-state index in [1.54, 1.807) is 0 Å². The van der Waals surface area contributed by atoms with Crippen molar-refractivity contribution in [3.05, 3.63) is 28.7 Å². The molecule has 3 nitrogen and oxygen atoms in total. The molecule has 1 aromatic rings. The maximum absolute atomic E-state index is 11.5. The van der Waals surface area contributed by atoms with Gasteiger partial charge in [0.1, 0.15) is 5.75 Å². The molecule has 19 heavy (non-hydrogen) atoms. The van der Waals surface area contributed by atoms with Crippen molar-refractivity contribution in [3.8, 4) is 5.75 Å². The zero-order chi connectivity index (χ0) is 13.7. The van der Waals surface area contributed by atoms with E-state index in [-0.39, 0.29) is 0 Å². The maximum atomic E-state index is 11.5. The highest BCUT2D eigenvalue weighted by molar-refractivity contribution is 9.10. The minimum absolute atomic E-state index is 0.466. The van der Waals surface area contributed by atoms with Gasteiger partial charge in [0, 0.05) is 4.47 Å². The summed E-state index contributed by atoms with van der Waals surface area (Å²) in [4.78, 5) is 11.5. The summed E-state index contributed by atoms with van der Waals surface area (Å²) in [6.45, 7) is 0.466. The van der Waals surface area contributed by atoms with Crippen LogP contribution in [0.4, 0.5) is 0 Å². The Morgan fingerprint density at radius 2 is 1.84 bits per heavy atom. The minimum Gasteiger partial charge on any atom is -0.494 e.